The van der Waals surface area contributed by atoms with E-state index in [-0.39, 0.29) is 36.3 Å². The van der Waals surface area contributed by atoms with Gasteiger partial charge in [0.15, 0.2) is 11.5 Å². The fraction of sp³-hybridized carbons (Fsp3) is 0.333. The van der Waals surface area contributed by atoms with E-state index in [4.69, 9.17) is 16.3 Å². The molecule has 2 aliphatic heterocycles. The summed E-state index contributed by atoms with van der Waals surface area (Å²) in [7, 11) is 0. The number of carbonyl (C=O) groups is 4. The van der Waals surface area contributed by atoms with Crippen molar-refractivity contribution in [3.05, 3.63) is 101 Å². The smallest absolute Gasteiger partial charge is 0.246 e. The van der Waals surface area contributed by atoms with E-state index < -0.39 is 46.8 Å². The first-order valence-corrected chi connectivity index (χ1v) is 15.8. The predicted octanol–water partition coefficient (Wildman–Crippen LogP) is 5.63. The van der Waals surface area contributed by atoms with Crippen LogP contribution in [-0.4, -0.2) is 46.8 Å². The fourth-order valence-electron chi connectivity index (χ4n) is 8.51. The van der Waals surface area contributed by atoms with Gasteiger partial charge in [-0.2, -0.15) is 0 Å². The number of para-hydroxylation sites is 1. The Morgan fingerprint density at radius 1 is 0.911 bits per heavy atom. The number of allylic oxidation sites excluding steroid dienone is 2. The van der Waals surface area contributed by atoms with E-state index in [1.807, 2.05) is 43.3 Å². The van der Waals surface area contributed by atoms with Gasteiger partial charge in [-0.1, -0.05) is 71.8 Å². The lowest BCUT2D eigenvalue weighted by Gasteiger charge is -2.50. The molecule has 1 N–H and O–H groups in total. The Balaban J connectivity index is 1.52. The average Bonchev–Trinajstić information content (AvgIpc) is 3.43. The molecule has 3 fully saturated rings. The van der Waals surface area contributed by atoms with Crippen LogP contribution in [0.2, 0.25) is 5.02 Å². The minimum absolute atomic E-state index is 0.118. The Morgan fingerprint density at radius 3 is 2.38 bits per heavy atom. The minimum atomic E-state index is -1.46. The zero-order valence-electron chi connectivity index (χ0n) is 25.0. The third-order valence-electron chi connectivity index (χ3n) is 10.2. The van der Waals surface area contributed by atoms with Crippen LogP contribution < -0.4 is 9.64 Å². The lowest BCUT2D eigenvalue weighted by molar-refractivity contribution is -0.140. The van der Waals surface area contributed by atoms with Gasteiger partial charge in [0.05, 0.1) is 35.5 Å². The maximum atomic E-state index is 15.2. The molecule has 0 radical (unpaired) electrons. The molecule has 0 aromatic heterocycles. The molecule has 1 saturated carbocycles. The lowest BCUT2D eigenvalue weighted by atomic mass is 9.49. The number of phenols is 1. The molecule has 0 spiro atoms. The SMILES string of the molecule is CCOc1cccc(C2C3=CCC4C(=O)N(CC)C(=O)C4C3CC3C(=O)N(c4cccc(Cl)c4)C(=O)C32c2ccccc2)c1O. The van der Waals surface area contributed by atoms with Gasteiger partial charge in [-0.05, 0) is 62.4 Å². The lowest BCUT2D eigenvalue weighted by Crippen LogP contribution is -2.53. The highest BCUT2D eigenvalue weighted by Gasteiger charge is 2.70. The largest absolute Gasteiger partial charge is 0.504 e. The molecule has 3 aromatic carbocycles. The number of fused-ring (bicyclic) bond motifs is 4. The maximum absolute atomic E-state index is 15.2. The van der Waals surface area contributed by atoms with Crippen molar-refractivity contribution >= 4 is 40.9 Å². The van der Waals surface area contributed by atoms with Crippen molar-refractivity contribution < 1.29 is 29.0 Å². The summed E-state index contributed by atoms with van der Waals surface area (Å²) in [6, 6.07) is 21.1. The molecule has 45 heavy (non-hydrogen) atoms. The van der Waals surface area contributed by atoms with Crippen molar-refractivity contribution in [2.75, 3.05) is 18.1 Å². The van der Waals surface area contributed by atoms with Crippen LogP contribution in [-0.2, 0) is 24.6 Å². The van der Waals surface area contributed by atoms with Gasteiger partial charge < -0.3 is 9.84 Å². The summed E-state index contributed by atoms with van der Waals surface area (Å²) in [4.78, 5) is 59.6. The summed E-state index contributed by atoms with van der Waals surface area (Å²) in [6.45, 7) is 4.18. The summed E-state index contributed by atoms with van der Waals surface area (Å²) >= 11 is 6.35. The van der Waals surface area contributed by atoms with Crippen LogP contribution in [0.25, 0.3) is 0 Å². The maximum Gasteiger partial charge on any atom is 0.246 e. The van der Waals surface area contributed by atoms with Gasteiger partial charge >= 0.3 is 0 Å². The summed E-state index contributed by atoms with van der Waals surface area (Å²) < 4.78 is 5.78. The fourth-order valence-corrected chi connectivity index (χ4v) is 8.69. The second-order valence-electron chi connectivity index (χ2n) is 12.1. The van der Waals surface area contributed by atoms with Gasteiger partial charge in [0, 0.05) is 23.0 Å². The minimum Gasteiger partial charge on any atom is -0.504 e. The number of aromatic hydroxyl groups is 1. The van der Waals surface area contributed by atoms with Crippen LogP contribution in [0.1, 0.15) is 43.7 Å². The van der Waals surface area contributed by atoms with Crippen LogP contribution in [0.3, 0.4) is 0 Å². The number of imide groups is 2. The molecule has 4 amide bonds. The number of anilines is 1. The zero-order chi connectivity index (χ0) is 31.6. The highest BCUT2D eigenvalue weighted by molar-refractivity contribution is 6.32. The van der Waals surface area contributed by atoms with E-state index in [0.717, 1.165) is 5.57 Å². The number of hydrogen-bond acceptors (Lipinski definition) is 6. The second kappa shape index (κ2) is 10.9. The van der Waals surface area contributed by atoms with Gasteiger partial charge in [0.1, 0.15) is 0 Å². The molecule has 2 aliphatic carbocycles. The first kappa shape index (κ1) is 29.3. The van der Waals surface area contributed by atoms with Crippen molar-refractivity contribution in [2.24, 2.45) is 23.7 Å². The van der Waals surface area contributed by atoms with Crippen LogP contribution in [0, 0.1) is 23.7 Å². The highest BCUT2D eigenvalue weighted by atomic mass is 35.5. The van der Waals surface area contributed by atoms with Crippen molar-refractivity contribution in [2.45, 2.75) is 38.0 Å². The molecule has 8 nitrogen and oxygen atoms in total. The molecule has 230 valence electrons. The van der Waals surface area contributed by atoms with E-state index in [0.29, 0.717) is 34.9 Å². The van der Waals surface area contributed by atoms with E-state index in [1.165, 1.54) is 9.80 Å². The van der Waals surface area contributed by atoms with Gasteiger partial charge in [0.25, 0.3) is 0 Å². The molecule has 4 aliphatic rings. The zero-order valence-corrected chi connectivity index (χ0v) is 25.7. The third-order valence-corrected chi connectivity index (χ3v) is 10.5. The number of likely N-dealkylation sites (tertiary alicyclic amines) is 1. The first-order valence-electron chi connectivity index (χ1n) is 15.4. The third kappa shape index (κ3) is 4.04. The van der Waals surface area contributed by atoms with Gasteiger partial charge in [0.2, 0.25) is 23.6 Å². The van der Waals surface area contributed by atoms with E-state index >= 15 is 4.79 Å². The predicted molar refractivity (Wildman–Crippen MR) is 168 cm³/mol. The molecule has 2 heterocycles. The van der Waals surface area contributed by atoms with Gasteiger partial charge in [-0.15, -0.1) is 0 Å². The number of rotatable bonds is 6. The molecular formula is C36H33ClN2O6. The van der Waals surface area contributed by atoms with Crippen molar-refractivity contribution in [1.29, 1.82) is 0 Å². The highest BCUT2D eigenvalue weighted by Crippen LogP contribution is 2.65. The quantitative estimate of drug-likeness (QED) is 0.282. The number of amides is 4. The number of phenolic OH excluding ortho intramolecular Hbond substituents is 1. The molecule has 3 aromatic rings. The Morgan fingerprint density at radius 2 is 1.67 bits per heavy atom. The van der Waals surface area contributed by atoms with E-state index in [1.54, 1.807) is 49.4 Å². The molecule has 9 heteroatoms. The summed E-state index contributed by atoms with van der Waals surface area (Å²) in [5.41, 5.74) is 0.742. The standard InChI is InChI=1S/C36H33ClN2O6/c1-3-38-32(41)24-17-16-23-26(29(24)34(38)43)19-27-33(42)39(22-13-8-12-21(37)18-22)35(44)36(27,20-10-6-5-7-11-20)30(23)25-14-9-15-28(31(25)40)45-4-2/h5-16,18,24,26-27,29-30,40H,3-4,17,19H2,1-2H3. The van der Waals surface area contributed by atoms with Gasteiger partial charge in [-0.3, -0.25) is 24.1 Å². The Labute approximate surface area is 266 Å². The molecule has 7 rings (SSSR count). The number of hydrogen-bond donors (Lipinski definition) is 1. The monoisotopic (exact) mass is 624 g/mol. The number of halogens is 1. The Bertz CT molecular complexity index is 1770. The molecular weight excluding hydrogens is 592 g/mol. The number of carbonyl (C=O) groups excluding carboxylic acids is 4. The van der Waals surface area contributed by atoms with E-state index in [2.05, 4.69) is 0 Å². The normalized spacial score (nSPS) is 29.0. The molecule has 6 unspecified atom stereocenters. The van der Waals surface area contributed by atoms with Crippen molar-refractivity contribution in [3.63, 3.8) is 0 Å². The molecule has 6 atom stereocenters. The second-order valence-corrected chi connectivity index (χ2v) is 12.6. The Hall–Kier alpha value is -4.43. The van der Waals surface area contributed by atoms with E-state index in [9.17, 15) is 19.5 Å². The molecule has 0 bridgehead atoms. The van der Waals surface area contributed by atoms with Crippen LogP contribution >= 0.6 is 11.6 Å². The summed E-state index contributed by atoms with van der Waals surface area (Å²) in [5, 5.41) is 12.1. The number of nitrogens with zero attached hydrogens (tertiary/aromatic N) is 2. The first-order chi connectivity index (χ1) is 21.7. The summed E-state index contributed by atoms with van der Waals surface area (Å²) in [5.74, 6) is -4.54. The van der Waals surface area contributed by atoms with Crippen LogP contribution in [0.15, 0.2) is 84.4 Å². The molecule has 2 saturated heterocycles. The van der Waals surface area contributed by atoms with Crippen molar-refractivity contribution in [1.82, 2.24) is 4.90 Å². The van der Waals surface area contributed by atoms with Crippen LogP contribution in [0.5, 0.6) is 11.5 Å². The topological polar surface area (TPSA) is 104 Å². The summed E-state index contributed by atoms with van der Waals surface area (Å²) in [6.07, 6.45) is 2.51. The number of benzene rings is 3. The Kier molecular flexibility index (Phi) is 7.08. The van der Waals surface area contributed by atoms with Crippen molar-refractivity contribution in [3.8, 4) is 11.5 Å². The van der Waals surface area contributed by atoms with Crippen LogP contribution in [0.4, 0.5) is 5.69 Å². The average molecular weight is 625 g/mol. The van der Waals surface area contributed by atoms with Gasteiger partial charge in [-0.25, -0.2) is 4.90 Å². The number of ether oxygens (including phenoxy) is 1.